The molecule has 0 spiro atoms. The summed E-state index contributed by atoms with van der Waals surface area (Å²) in [6.07, 6.45) is -1.46. The molecule has 0 aliphatic rings. The Kier molecular flexibility index (Phi) is 5.99. The van der Waals surface area contributed by atoms with Crippen LogP contribution in [0.2, 0.25) is 0 Å². The first-order chi connectivity index (χ1) is 9.43. The number of amides is 1. The lowest BCUT2D eigenvalue weighted by molar-refractivity contribution is -0.148. The second-order valence-corrected chi connectivity index (χ2v) is 4.37. The minimum absolute atomic E-state index is 0.202. The molecule has 0 radical (unpaired) electrons. The molecule has 6 heteroatoms. The molecule has 0 heterocycles. The van der Waals surface area contributed by atoms with E-state index in [1.165, 1.54) is 6.92 Å². The van der Waals surface area contributed by atoms with Crippen LogP contribution in [0.25, 0.3) is 0 Å². The Morgan fingerprint density at radius 3 is 2.65 bits per heavy atom. The van der Waals surface area contributed by atoms with Gasteiger partial charge in [-0.15, -0.1) is 0 Å². The summed E-state index contributed by atoms with van der Waals surface area (Å²) in [7, 11) is 0. The lowest BCUT2D eigenvalue weighted by atomic mass is 10.0. The number of aliphatic hydroxyl groups excluding tert-OH is 1. The predicted molar refractivity (Wildman–Crippen MR) is 72.6 cm³/mol. The molecule has 1 amide bonds. The number of rotatable bonds is 7. The van der Waals surface area contributed by atoms with Crippen LogP contribution in [0.4, 0.5) is 0 Å². The number of aliphatic hydroxyl groups is 1. The first kappa shape index (κ1) is 16.0. The summed E-state index contributed by atoms with van der Waals surface area (Å²) in [6, 6.07) is 6.22. The van der Waals surface area contributed by atoms with Crippen molar-refractivity contribution in [3.05, 3.63) is 29.8 Å². The van der Waals surface area contributed by atoms with Crippen LogP contribution >= 0.6 is 0 Å². The molecule has 1 aromatic carbocycles. The van der Waals surface area contributed by atoms with Crippen molar-refractivity contribution in [3.63, 3.8) is 0 Å². The first-order valence-electron chi connectivity index (χ1n) is 6.33. The largest absolute Gasteiger partial charge is 0.494 e. The molecular formula is C14H19NO5. The Morgan fingerprint density at radius 1 is 1.40 bits per heavy atom. The van der Waals surface area contributed by atoms with E-state index in [9.17, 15) is 14.7 Å². The van der Waals surface area contributed by atoms with Gasteiger partial charge in [0.2, 0.25) is 5.91 Å². The highest BCUT2D eigenvalue weighted by Gasteiger charge is 2.26. The van der Waals surface area contributed by atoms with Gasteiger partial charge in [0, 0.05) is 6.92 Å². The quantitative estimate of drug-likeness (QED) is 0.679. The summed E-state index contributed by atoms with van der Waals surface area (Å²) in [5.74, 6) is -1.10. The minimum Gasteiger partial charge on any atom is -0.494 e. The lowest BCUT2D eigenvalue weighted by Gasteiger charge is -2.21. The number of hydrogen-bond donors (Lipinski definition) is 3. The molecule has 20 heavy (non-hydrogen) atoms. The molecule has 1 rings (SSSR count). The molecule has 0 aliphatic heterocycles. The van der Waals surface area contributed by atoms with Gasteiger partial charge in [-0.3, -0.25) is 4.79 Å². The van der Waals surface area contributed by atoms with Gasteiger partial charge in [-0.05, 0) is 31.0 Å². The third-order valence-corrected chi connectivity index (χ3v) is 2.69. The fourth-order valence-corrected chi connectivity index (χ4v) is 1.86. The Hall–Kier alpha value is -2.08. The normalized spacial score (nSPS) is 13.3. The molecule has 1 aromatic rings. The van der Waals surface area contributed by atoms with E-state index in [1.54, 1.807) is 24.3 Å². The molecule has 0 saturated heterocycles. The van der Waals surface area contributed by atoms with Gasteiger partial charge in [-0.1, -0.05) is 12.1 Å². The highest BCUT2D eigenvalue weighted by Crippen LogP contribution is 2.15. The van der Waals surface area contributed by atoms with Crippen molar-refractivity contribution in [1.29, 1.82) is 0 Å². The molecule has 0 saturated carbocycles. The third kappa shape index (κ3) is 4.89. The maximum absolute atomic E-state index is 11.1. The van der Waals surface area contributed by atoms with Crippen LogP contribution in [0.15, 0.2) is 24.3 Å². The van der Waals surface area contributed by atoms with Crippen LogP contribution in [-0.2, 0) is 16.0 Å². The predicted octanol–water partition coefficient (Wildman–Crippen LogP) is 0.578. The average Bonchev–Trinajstić information content (AvgIpc) is 2.37. The van der Waals surface area contributed by atoms with E-state index < -0.39 is 24.0 Å². The third-order valence-electron chi connectivity index (χ3n) is 2.69. The smallest absolute Gasteiger partial charge is 0.334 e. The van der Waals surface area contributed by atoms with Gasteiger partial charge in [0.15, 0.2) is 6.10 Å². The van der Waals surface area contributed by atoms with Crippen LogP contribution in [-0.4, -0.2) is 40.8 Å². The summed E-state index contributed by atoms with van der Waals surface area (Å²) in [5, 5.41) is 20.9. The SMILES string of the molecule is CCOc1cccc(CC(NC(C)=O)C(O)C(=O)O)c1. The van der Waals surface area contributed by atoms with Crippen molar-refractivity contribution in [2.75, 3.05) is 6.61 Å². The Bertz CT molecular complexity index is 474. The number of hydrogen-bond acceptors (Lipinski definition) is 4. The number of nitrogens with one attached hydrogen (secondary N) is 1. The van der Waals surface area contributed by atoms with E-state index in [-0.39, 0.29) is 6.42 Å². The molecule has 6 nitrogen and oxygen atoms in total. The zero-order valence-corrected chi connectivity index (χ0v) is 11.5. The summed E-state index contributed by atoms with van der Waals surface area (Å²) in [6.45, 7) is 3.66. The first-order valence-corrected chi connectivity index (χ1v) is 6.33. The van der Waals surface area contributed by atoms with E-state index in [0.29, 0.717) is 12.4 Å². The van der Waals surface area contributed by atoms with Crippen LogP contribution in [0, 0.1) is 0 Å². The highest BCUT2D eigenvalue weighted by molar-refractivity contribution is 5.77. The molecule has 110 valence electrons. The van der Waals surface area contributed by atoms with Gasteiger partial charge in [0.1, 0.15) is 5.75 Å². The summed E-state index contributed by atoms with van der Waals surface area (Å²) < 4.78 is 5.35. The standard InChI is InChI=1S/C14H19NO5/c1-3-20-11-6-4-5-10(7-11)8-12(15-9(2)16)13(17)14(18)19/h4-7,12-13,17H,3,8H2,1-2H3,(H,15,16)(H,18,19). The maximum Gasteiger partial charge on any atom is 0.334 e. The number of ether oxygens (including phenoxy) is 1. The van der Waals surface area contributed by atoms with Crippen molar-refractivity contribution >= 4 is 11.9 Å². The van der Waals surface area contributed by atoms with Gasteiger partial charge < -0.3 is 20.3 Å². The van der Waals surface area contributed by atoms with Crippen molar-refractivity contribution in [3.8, 4) is 5.75 Å². The molecular weight excluding hydrogens is 262 g/mol. The molecule has 0 fully saturated rings. The minimum atomic E-state index is -1.66. The number of aliphatic carboxylic acids is 1. The number of carbonyl (C=O) groups is 2. The lowest BCUT2D eigenvalue weighted by Crippen LogP contribution is -2.47. The second-order valence-electron chi connectivity index (χ2n) is 4.37. The van der Waals surface area contributed by atoms with E-state index in [0.717, 1.165) is 5.56 Å². The van der Waals surface area contributed by atoms with Crippen LogP contribution in [0.1, 0.15) is 19.4 Å². The maximum atomic E-state index is 11.1. The highest BCUT2D eigenvalue weighted by atomic mass is 16.5. The van der Waals surface area contributed by atoms with Crippen molar-refractivity contribution in [1.82, 2.24) is 5.32 Å². The fourth-order valence-electron chi connectivity index (χ4n) is 1.86. The Balaban J connectivity index is 2.85. The molecule has 0 aliphatic carbocycles. The topological polar surface area (TPSA) is 95.9 Å². The van der Waals surface area contributed by atoms with Gasteiger partial charge in [0.05, 0.1) is 12.6 Å². The van der Waals surface area contributed by atoms with Gasteiger partial charge in [-0.2, -0.15) is 0 Å². The number of carbonyl (C=O) groups excluding carboxylic acids is 1. The van der Waals surface area contributed by atoms with Gasteiger partial charge in [0.25, 0.3) is 0 Å². The fraction of sp³-hybridized carbons (Fsp3) is 0.429. The van der Waals surface area contributed by atoms with Gasteiger partial charge in [-0.25, -0.2) is 4.79 Å². The molecule has 3 N–H and O–H groups in total. The molecule has 0 aromatic heterocycles. The Morgan fingerprint density at radius 2 is 2.10 bits per heavy atom. The number of carboxylic acids is 1. The molecule has 2 unspecified atom stereocenters. The molecule has 2 atom stereocenters. The second kappa shape index (κ2) is 7.49. The monoisotopic (exact) mass is 281 g/mol. The number of carboxylic acid groups (broad SMARTS) is 1. The van der Waals surface area contributed by atoms with Crippen LogP contribution in [0.3, 0.4) is 0 Å². The van der Waals surface area contributed by atoms with Crippen LogP contribution < -0.4 is 10.1 Å². The zero-order valence-electron chi connectivity index (χ0n) is 11.5. The number of benzene rings is 1. The average molecular weight is 281 g/mol. The Labute approximate surface area is 117 Å². The van der Waals surface area contributed by atoms with E-state index >= 15 is 0 Å². The zero-order chi connectivity index (χ0) is 15.1. The van der Waals surface area contributed by atoms with Gasteiger partial charge >= 0.3 is 5.97 Å². The summed E-state index contributed by atoms with van der Waals surface area (Å²) >= 11 is 0. The van der Waals surface area contributed by atoms with Crippen molar-refractivity contribution < 1.29 is 24.5 Å². The summed E-state index contributed by atoms with van der Waals surface area (Å²) in [5.41, 5.74) is 0.773. The van der Waals surface area contributed by atoms with E-state index in [1.807, 2.05) is 6.92 Å². The summed E-state index contributed by atoms with van der Waals surface area (Å²) in [4.78, 5) is 22.0. The van der Waals surface area contributed by atoms with Crippen molar-refractivity contribution in [2.45, 2.75) is 32.4 Å². The van der Waals surface area contributed by atoms with E-state index in [4.69, 9.17) is 9.84 Å². The van der Waals surface area contributed by atoms with Crippen LogP contribution in [0.5, 0.6) is 5.75 Å². The molecule has 0 bridgehead atoms. The van der Waals surface area contributed by atoms with E-state index in [2.05, 4.69) is 5.32 Å². The van der Waals surface area contributed by atoms with Crippen molar-refractivity contribution in [2.24, 2.45) is 0 Å².